The molecule has 2 aromatic rings. The van der Waals surface area contributed by atoms with Crippen molar-refractivity contribution in [2.75, 3.05) is 6.61 Å². The highest BCUT2D eigenvalue weighted by molar-refractivity contribution is 5.42. The van der Waals surface area contributed by atoms with Gasteiger partial charge in [0.25, 0.3) is 5.56 Å². The molecule has 1 aliphatic heterocycles. The molecule has 1 fully saturated rings. The number of rotatable bonds is 2. The van der Waals surface area contributed by atoms with Crippen molar-refractivity contribution in [3.8, 4) is 0 Å². The third-order valence-electron chi connectivity index (χ3n) is 2.34. The second kappa shape index (κ2) is 2.68. The van der Waals surface area contributed by atoms with Gasteiger partial charge in [-0.1, -0.05) is 0 Å². The minimum Gasteiger partial charge on any atom is -0.371 e. The van der Waals surface area contributed by atoms with E-state index in [0.717, 1.165) is 6.61 Å². The summed E-state index contributed by atoms with van der Waals surface area (Å²) in [6.45, 7) is 1.40. The summed E-state index contributed by atoms with van der Waals surface area (Å²) in [5.41, 5.74) is 0.591. The molecule has 0 N–H and O–H groups in total. The zero-order valence-electron chi connectivity index (χ0n) is 7.46. The Kier molecular flexibility index (Phi) is 1.49. The predicted octanol–water partition coefficient (Wildman–Crippen LogP) is -0.105. The lowest BCUT2D eigenvalue weighted by Gasteiger charge is -2.02. The van der Waals surface area contributed by atoms with Crippen LogP contribution in [-0.2, 0) is 11.3 Å². The van der Waals surface area contributed by atoms with E-state index in [2.05, 4.69) is 5.10 Å². The summed E-state index contributed by atoms with van der Waals surface area (Å²) in [6.07, 6.45) is 5.36. The van der Waals surface area contributed by atoms with E-state index < -0.39 is 0 Å². The van der Waals surface area contributed by atoms with E-state index in [1.807, 2.05) is 0 Å². The van der Waals surface area contributed by atoms with Gasteiger partial charge < -0.3 is 9.30 Å². The van der Waals surface area contributed by atoms with Crippen LogP contribution in [0, 0.1) is 0 Å². The van der Waals surface area contributed by atoms with Gasteiger partial charge in [-0.2, -0.15) is 5.10 Å². The maximum Gasteiger partial charge on any atom is 0.276 e. The quantitative estimate of drug-likeness (QED) is 0.622. The Balaban J connectivity index is 2.14. The zero-order chi connectivity index (χ0) is 9.54. The summed E-state index contributed by atoms with van der Waals surface area (Å²) in [5.74, 6) is 0. The van der Waals surface area contributed by atoms with Crippen LogP contribution in [0.1, 0.15) is 0 Å². The van der Waals surface area contributed by atoms with Crippen LogP contribution < -0.4 is 5.56 Å². The summed E-state index contributed by atoms with van der Waals surface area (Å²) in [7, 11) is 0. The Morgan fingerprint density at radius 1 is 1.57 bits per heavy atom. The summed E-state index contributed by atoms with van der Waals surface area (Å²) < 4.78 is 8.32. The molecular formula is C9H9N3O2. The van der Waals surface area contributed by atoms with Crippen LogP contribution in [0.25, 0.3) is 5.52 Å². The van der Waals surface area contributed by atoms with Crippen molar-refractivity contribution >= 4 is 5.52 Å². The topological polar surface area (TPSA) is 51.8 Å². The molecule has 2 aromatic heterocycles. The predicted molar refractivity (Wildman–Crippen MR) is 49.2 cm³/mol. The number of aromatic nitrogens is 3. The average molecular weight is 191 g/mol. The van der Waals surface area contributed by atoms with E-state index in [4.69, 9.17) is 4.74 Å². The SMILES string of the molecule is O=c1c2ccnn2ccn1C[C@H]1CO1. The van der Waals surface area contributed by atoms with E-state index in [1.165, 1.54) is 0 Å². The Hall–Kier alpha value is -1.62. The van der Waals surface area contributed by atoms with Gasteiger partial charge in [0.15, 0.2) is 0 Å². The van der Waals surface area contributed by atoms with Crippen LogP contribution in [0.15, 0.2) is 29.5 Å². The van der Waals surface area contributed by atoms with Crippen LogP contribution in [-0.4, -0.2) is 26.9 Å². The van der Waals surface area contributed by atoms with E-state index >= 15 is 0 Å². The lowest BCUT2D eigenvalue weighted by atomic mass is 10.4. The lowest BCUT2D eigenvalue weighted by Crippen LogP contribution is -2.23. The molecule has 72 valence electrons. The molecule has 0 aliphatic carbocycles. The first-order valence-electron chi connectivity index (χ1n) is 4.49. The number of epoxide rings is 1. The van der Waals surface area contributed by atoms with E-state index in [1.54, 1.807) is 33.7 Å². The zero-order valence-corrected chi connectivity index (χ0v) is 7.46. The van der Waals surface area contributed by atoms with Crippen LogP contribution >= 0.6 is 0 Å². The second-order valence-electron chi connectivity index (χ2n) is 3.37. The molecule has 0 spiro atoms. The molecule has 3 rings (SSSR count). The molecule has 0 aromatic carbocycles. The first-order valence-corrected chi connectivity index (χ1v) is 4.49. The van der Waals surface area contributed by atoms with Gasteiger partial charge in [0.1, 0.15) is 5.52 Å². The van der Waals surface area contributed by atoms with E-state index in [-0.39, 0.29) is 11.7 Å². The van der Waals surface area contributed by atoms with Gasteiger partial charge in [-0.25, -0.2) is 4.52 Å². The molecule has 1 atom stereocenters. The van der Waals surface area contributed by atoms with Crippen molar-refractivity contribution in [2.24, 2.45) is 0 Å². The van der Waals surface area contributed by atoms with Gasteiger partial charge in [0, 0.05) is 12.4 Å². The molecule has 14 heavy (non-hydrogen) atoms. The first-order chi connectivity index (χ1) is 6.84. The van der Waals surface area contributed by atoms with E-state index in [0.29, 0.717) is 12.1 Å². The summed E-state index contributed by atoms with van der Waals surface area (Å²) in [6, 6.07) is 1.71. The van der Waals surface area contributed by atoms with Gasteiger partial charge in [0.05, 0.1) is 25.5 Å². The molecule has 0 saturated carbocycles. The third kappa shape index (κ3) is 1.13. The third-order valence-corrected chi connectivity index (χ3v) is 2.34. The van der Waals surface area contributed by atoms with Crippen molar-refractivity contribution < 1.29 is 4.74 Å². The molecule has 0 amide bonds. The number of nitrogens with zero attached hydrogens (tertiary/aromatic N) is 3. The second-order valence-corrected chi connectivity index (χ2v) is 3.37. The minimum atomic E-state index is -0.0134. The van der Waals surface area contributed by atoms with Gasteiger partial charge >= 0.3 is 0 Å². The molecule has 0 unspecified atom stereocenters. The monoisotopic (exact) mass is 191 g/mol. The maximum atomic E-state index is 11.8. The highest BCUT2D eigenvalue weighted by Gasteiger charge is 2.23. The lowest BCUT2D eigenvalue weighted by molar-refractivity contribution is 0.380. The van der Waals surface area contributed by atoms with E-state index in [9.17, 15) is 4.79 Å². The molecule has 1 saturated heterocycles. The number of hydrogen-bond acceptors (Lipinski definition) is 3. The molecule has 0 radical (unpaired) electrons. The van der Waals surface area contributed by atoms with Gasteiger partial charge in [-0.3, -0.25) is 4.79 Å². The van der Waals surface area contributed by atoms with Crippen LogP contribution in [0.3, 0.4) is 0 Å². The largest absolute Gasteiger partial charge is 0.371 e. The Morgan fingerprint density at radius 2 is 2.43 bits per heavy atom. The first kappa shape index (κ1) is 7.75. The average Bonchev–Trinajstić information content (AvgIpc) is 2.85. The molecular weight excluding hydrogens is 182 g/mol. The van der Waals surface area contributed by atoms with Crippen LogP contribution in [0.4, 0.5) is 0 Å². The Morgan fingerprint density at radius 3 is 3.21 bits per heavy atom. The number of fused-ring (bicyclic) bond motifs is 1. The van der Waals surface area contributed by atoms with Crippen LogP contribution in [0.2, 0.25) is 0 Å². The summed E-state index contributed by atoms with van der Waals surface area (Å²) >= 11 is 0. The summed E-state index contributed by atoms with van der Waals surface area (Å²) in [5, 5.41) is 3.99. The van der Waals surface area contributed by atoms with Crippen LogP contribution in [0.5, 0.6) is 0 Å². The summed E-state index contributed by atoms with van der Waals surface area (Å²) in [4.78, 5) is 11.8. The highest BCUT2D eigenvalue weighted by Crippen LogP contribution is 2.10. The fourth-order valence-electron chi connectivity index (χ4n) is 1.50. The van der Waals surface area contributed by atoms with Crippen molar-refractivity contribution in [3.05, 3.63) is 35.0 Å². The van der Waals surface area contributed by atoms with Crippen molar-refractivity contribution in [2.45, 2.75) is 12.6 Å². The number of ether oxygens (including phenoxy) is 1. The molecule has 0 bridgehead atoms. The Labute approximate surface area is 79.5 Å². The smallest absolute Gasteiger partial charge is 0.276 e. The standard InChI is InChI=1S/C9H9N3O2/c13-9-8-1-2-10-12(8)4-3-11(9)5-7-6-14-7/h1-4,7H,5-6H2/t7-/m0/s1. The molecule has 3 heterocycles. The molecule has 1 aliphatic rings. The van der Waals surface area contributed by atoms with Crippen molar-refractivity contribution in [1.29, 1.82) is 0 Å². The van der Waals surface area contributed by atoms with Gasteiger partial charge in [-0.05, 0) is 6.07 Å². The van der Waals surface area contributed by atoms with Gasteiger partial charge in [0.2, 0.25) is 0 Å². The fourth-order valence-corrected chi connectivity index (χ4v) is 1.50. The molecule has 5 heteroatoms. The number of hydrogen-bond donors (Lipinski definition) is 0. The maximum absolute atomic E-state index is 11.8. The fraction of sp³-hybridized carbons (Fsp3) is 0.333. The Bertz CT molecular complexity index is 524. The van der Waals surface area contributed by atoms with Crippen molar-refractivity contribution in [3.63, 3.8) is 0 Å². The normalized spacial score (nSPS) is 20.1. The van der Waals surface area contributed by atoms with Gasteiger partial charge in [-0.15, -0.1) is 0 Å². The minimum absolute atomic E-state index is 0.0134. The highest BCUT2D eigenvalue weighted by atomic mass is 16.6. The molecule has 5 nitrogen and oxygen atoms in total. The van der Waals surface area contributed by atoms with Crippen molar-refractivity contribution in [1.82, 2.24) is 14.2 Å².